The second-order valence-electron chi connectivity index (χ2n) is 11.1. The van der Waals surface area contributed by atoms with Gasteiger partial charge in [-0.3, -0.25) is 13.9 Å². The summed E-state index contributed by atoms with van der Waals surface area (Å²) in [6, 6.07) is 18.2. The number of anilines is 1. The molecule has 3 aromatic rings. The molecule has 0 aliphatic heterocycles. The van der Waals surface area contributed by atoms with E-state index in [-0.39, 0.29) is 17.3 Å². The predicted molar refractivity (Wildman–Crippen MR) is 161 cm³/mol. The molecule has 214 valence electrons. The topological polar surface area (TPSA) is 86.8 Å². The summed E-state index contributed by atoms with van der Waals surface area (Å²) in [7, 11) is -4.14. The van der Waals surface area contributed by atoms with Gasteiger partial charge in [0, 0.05) is 17.1 Å². The lowest BCUT2D eigenvalue weighted by Gasteiger charge is -2.34. The normalized spacial score (nSPS) is 12.5. The van der Waals surface area contributed by atoms with Crippen molar-refractivity contribution in [2.45, 2.75) is 71.5 Å². The number of sulfonamides is 1. The molecule has 7 nitrogen and oxygen atoms in total. The minimum atomic E-state index is -4.14. The van der Waals surface area contributed by atoms with Crippen molar-refractivity contribution in [3.05, 3.63) is 94.0 Å². The van der Waals surface area contributed by atoms with Gasteiger partial charge in [0.2, 0.25) is 11.8 Å². The lowest BCUT2D eigenvalue weighted by Crippen LogP contribution is -2.54. The van der Waals surface area contributed by atoms with Crippen LogP contribution in [0.2, 0.25) is 5.02 Å². The highest BCUT2D eigenvalue weighted by Gasteiger charge is 2.34. The van der Waals surface area contributed by atoms with Crippen LogP contribution in [0.3, 0.4) is 0 Å². The molecule has 0 radical (unpaired) electrons. The molecule has 40 heavy (non-hydrogen) atoms. The zero-order valence-corrected chi connectivity index (χ0v) is 25.7. The molecule has 9 heteroatoms. The van der Waals surface area contributed by atoms with E-state index in [0.29, 0.717) is 21.8 Å². The van der Waals surface area contributed by atoms with Crippen LogP contribution in [0.1, 0.15) is 49.9 Å². The number of nitrogens with one attached hydrogen (secondary N) is 1. The van der Waals surface area contributed by atoms with Gasteiger partial charge in [0.25, 0.3) is 10.0 Å². The number of hydrogen-bond donors (Lipinski definition) is 1. The Morgan fingerprint density at radius 2 is 1.52 bits per heavy atom. The largest absolute Gasteiger partial charge is 0.350 e. The Hall–Kier alpha value is -3.36. The summed E-state index contributed by atoms with van der Waals surface area (Å²) >= 11 is 6.42. The number of hydrogen-bond acceptors (Lipinski definition) is 4. The van der Waals surface area contributed by atoms with Gasteiger partial charge >= 0.3 is 0 Å². The van der Waals surface area contributed by atoms with Crippen LogP contribution >= 0.6 is 11.6 Å². The van der Waals surface area contributed by atoms with Crippen molar-refractivity contribution in [1.82, 2.24) is 10.2 Å². The summed E-state index contributed by atoms with van der Waals surface area (Å²) in [5.74, 6) is -0.888. The first-order valence-corrected chi connectivity index (χ1v) is 14.9. The minimum absolute atomic E-state index is 0.0302. The lowest BCUT2D eigenvalue weighted by atomic mass is 10.1. The number of amides is 2. The van der Waals surface area contributed by atoms with Crippen molar-refractivity contribution in [2.75, 3.05) is 10.8 Å². The molecule has 0 spiro atoms. The van der Waals surface area contributed by atoms with Crippen molar-refractivity contribution in [3.63, 3.8) is 0 Å². The van der Waals surface area contributed by atoms with Gasteiger partial charge in [-0.15, -0.1) is 0 Å². The zero-order valence-electron chi connectivity index (χ0n) is 24.2. The first kappa shape index (κ1) is 31.2. The molecule has 0 heterocycles. The van der Waals surface area contributed by atoms with E-state index >= 15 is 0 Å². The smallest absolute Gasteiger partial charge is 0.264 e. The number of carbonyl (C=O) groups excluding carboxylic acids is 2. The number of aryl methyl sites for hydroxylation is 3. The van der Waals surface area contributed by atoms with E-state index in [2.05, 4.69) is 5.32 Å². The number of nitrogens with zero attached hydrogens (tertiary/aromatic N) is 2. The molecule has 2 amide bonds. The average molecular weight is 584 g/mol. The molecule has 3 aromatic carbocycles. The maximum atomic E-state index is 14.1. The third kappa shape index (κ3) is 7.64. The van der Waals surface area contributed by atoms with Crippen LogP contribution in [0.4, 0.5) is 5.69 Å². The molecule has 0 aromatic heterocycles. The molecular formula is C31H38ClN3O4S. The SMILES string of the molecule is Cc1ccc(S(=O)(=O)N(CC(=O)N(Cc2ccccc2Cl)[C@H](C)C(=O)NC(C)(C)C)c2cc(C)ccc2C)cc1. The van der Waals surface area contributed by atoms with Crippen LogP contribution in [-0.4, -0.2) is 43.3 Å². The van der Waals surface area contributed by atoms with Crippen molar-refractivity contribution in [2.24, 2.45) is 0 Å². The fourth-order valence-corrected chi connectivity index (χ4v) is 5.87. The molecule has 1 atom stereocenters. The van der Waals surface area contributed by atoms with E-state index in [4.69, 9.17) is 11.6 Å². The summed E-state index contributed by atoms with van der Waals surface area (Å²) in [4.78, 5) is 28.7. The van der Waals surface area contributed by atoms with Crippen molar-refractivity contribution >= 4 is 39.1 Å². The van der Waals surface area contributed by atoms with Crippen LogP contribution in [0.5, 0.6) is 0 Å². The van der Waals surface area contributed by atoms with Gasteiger partial charge in [-0.25, -0.2) is 8.42 Å². The summed E-state index contributed by atoms with van der Waals surface area (Å²) in [6.07, 6.45) is 0. The fourth-order valence-electron chi connectivity index (χ4n) is 4.21. The Balaban J connectivity index is 2.09. The Kier molecular flexibility index (Phi) is 9.69. The first-order valence-electron chi connectivity index (χ1n) is 13.1. The van der Waals surface area contributed by atoms with Crippen molar-refractivity contribution < 1.29 is 18.0 Å². The molecule has 0 fully saturated rings. The molecule has 1 N–H and O–H groups in total. The highest BCUT2D eigenvalue weighted by molar-refractivity contribution is 7.92. The maximum Gasteiger partial charge on any atom is 0.264 e. The minimum Gasteiger partial charge on any atom is -0.350 e. The molecule has 3 rings (SSSR count). The zero-order chi connectivity index (χ0) is 29.8. The highest BCUT2D eigenvalue weighted by atomic mass is 35.5. The van der Waals surface area contributed by atoms with Gasteiger partial charge in [-0.05, 0) is 89.4 Å². The van der Waals surface area contributed by atoms with E-state index in [1.54, 1.807) is 56.3 Å². The number of halogens is 1. The fraction of sp³-hybridized carbons (Fsp3) is 0.355. The van der Waals surface area contributed by atoms with Gasteiger partial charge in [-0.2, -0.15) is 0 Å². The third-order valence-corrected chi connectivity index (χ3v) is 8.63. The van der Waals surface area contributed by atoms with E-state index in [1.807, 2.05) is 46.8 Å². The molecule has 0 saturated heterocycles. The number of carbonyl (C=O) groups is 2. The van der Waals surface area contributed by atoms with Gasteiger partial charge in [0.1, 0.15) is 12.6 Å². The lowest BCUT2D eigenvalue weighted by molar-refractivity contribution is -0.140. The standard InChI is InChI=1S/C31H38ClN3O4S/c1-21-13-16-26(17-14-21)40(38,39)35(28-18-22(2)12-15-23(28)3)20-29(36)34(19-25-10-8-9-11-27(25)32)24(4)30(37)33-31(5,6)7/h8-18,24H,19-20H2,1-7H3,(H,33,37)/t24-/m1/s1. The molecule has 0 bridgehead atoms. The van der Waals surface area contributed by atoms with Crippen LogP contribution in [0.25, 0.3) is 0 Å². The van der Waals surface area contributed by atoms with Crippen molar-refractivity contribution in [3.8, 4) is 0 Å². The first-order chi connectivity index (χ1) is 18.6. The maximum absolute atomic E-state index is 14.1. The Morgan fingerprint density at radius 1 is 0.925 bits per heavy atom. The molecule has 0 aliphatic carbocycles. The monoisotopic (exact) mass is 583 g/mol. The van der Waals surface area contributed by atoms with Gasteiger partial charge in [-0.1, -0.05) is 59.6 Å². The number of benzene rings is 3. The third-order valence-electron chi connectivity index (χ3n) is 6.49. The summed E-state index contributed by atoms with van der Waals surface area (Å²) in [5.41, 5.74) is 2.99. The van der Waals surface area contributed by atoms with E-state index in [9.17, 15) is 18.0 Å². The summed E-state index contributed by atoms with van der Waals surface area (Å²) in [5, 5.41) is 3.37. The van der Waals surface area contributed by atoms with Crippen LogP contribution in [-0.2, 0) is 26.2 Å². The van der Waals surface area contributed by atoms with Crippen LogP contribution in [0, 0.1) is 20.8 Å². The molecular weight excluding hydrogens is 546 g/mol. The molecule has 0 aliphatic rings. The molecule has 0 saturated carbocycles. The predicted octanol–water partition coefficient (Wildman–Crippen LogP) is 5.79. The highest BCUT2D eigenvalue weighted by Crippen LogP contribution is 2.29. The summed E-state index contributed by atoms with van der Waals surface area (Å²) < 4.78 is 29.2. The Labute approximate surface area is 243 Å². The molecule has 0 unspecified atom stereocenters. The number of rotatable bonds is 9. The van der Waals surface area contributed by atoms with Gasteiger partial charge < -0.3 is 10.2 Å². The summed E-state index contributed by atoms with van der Waals surface area (Å²) in [6.45, 7) is 12.3. The van der Waals surface area contributed by atoms with E-state index in [1.165, 1.54) is 17.0 Å². The van der Waals surface area contributed by atoms with E-state index in [0.717, 1.165) is 15.4 Å². The van der Waals surface area contributed by atoms with Crippen LogP contribution in [0.15, 0.2) is 71.6 Å². The second kappa shape index (κ2) is 12.4. The van der Waals surface area contributed by atoms with Gasteiger partial charge in [0.15, 0.2) is 0 Å². The van der Waals surface area contributed by atoms with Gasteiger partial charge in [0.05, 0.1) is 10.6 Å². The van der Waals surface area contributed by atoms with Crippen LogP contribution < -0.4 is 9.62 Å². The Morgan fingerprint density at radius 3 is 2.12 bits per heavy atom. The average Bonchev–Trinajstić information content (AvgIpc) is 2.87. The van der Waals surface area contributed by atoms with E-state index < -0.39 is 34.1 Å². The Bertz CT molecular complexity index is 1480. The quantitative estimate of drug-likeness (QED) is 0.345. The van der Waals surface area contributed by atoms with Crippen molar-refractivity contribution in [1.29, 1.82) is 0 Å². The second-order valence-corrected chi connectivity index (χ2v) is 13.4.